The van der Waals surface area contributed by atoms with Crippen molar-refractivity contribution < 1.29 is 19.1 Å². The molecule has 0 saturated heterocycles. The van der Waals surface area contributed by atoms with Crippen LogP contribution >= 0.6 is 11.3 Å². The van der Waals surface area contributed by atoms with Gasteiger partial charge in [-0.05, 0) is 50.3 Å². The van der Waals surface area contributed by atoms with Gasteiger partial charge in [-0.1, -0.05) is 0 Å². The lowest BCUT2D eigenvalue weighted by atomic mass is 9.96. The van der Waals surface area contributed by atoms with Gasteiger partial charge in [0.25, 0.3) is 0 Å². The fourth-order valence-corrected chi connectivity index (χ4v) is 4.15. The molecule has 0 radical (unpaired) electrons. The Labute approximate surface area is 145 Å². The van der Waals surface area contributed by atoms with E-state index in [1.54, 1.807) is 18.3 Å². The van der Waals surface area contributed by atoms with Crippen LogP contribution in [-0.4, -0.2) is 24.2 Å². The predicted molar refractivity (Wildman–Crippen MR) is 92.1 cm³/mol. The number of ether oxygens (including phenoxy) is 1. The molecular formula is C18H23NO4S. The molecule has 0 unspecified atom stereocenters. The Morgan fingerprint density at radius 1 is 1.50 bits per heavy atom. The van der Waals surface area contributed by atoms with Gasteiger partial charge in [0.15, 0.2) is 0 Å². The molecule has 2 N–H and O–H groups in total. The number of carbonyl (C=O) groups excluding carboxylic acids is 1. The Morgan fingerprint density at radius 3 is 3.00 bits per heavy atom. The van der Waals surface area contributed by atoms with Crippen LogP contribution in [-0.2, 0) is 21.6 Å². The van der Waals surface area contributed by atoms with Crippen molar-refractivity contribution in [2.24, 2.45) is 0 Å². The number of carbonyl (C=O) groups is 1. The maximum atomic E-state index is 12.3. The molecule has 1 aliphatic heterocycles. The number of aryl methyl sites for hydroxylation is 2. The minimum absolute atomic E-state index is 0.126. The monoisotopic (exact) mass is 349 g/mol. The van der Waals surface area contributed by atoms with Gasteiger partial charge in [-0.15, -0.1) is 11.3 Å². The van der Waals surface area contributed by atoms with E-state index in [-0.39, 0.29) is 25.0 Å². The van der Waals surface area contributed by atoms with Crippen molar-refractivity contribution in [2.75, 3.05) is 13.2 Å². The van der Waals surface area contributed by atoms with Crippen LogP contribution in [0.3, 0.4) is 0 Å². The Balaban J connectivity index is 1.59. The highest BCUT2D eigenvalue weighted by Crippen LogP contribution is 2.34. The molecular weight excluding hydrogens is 326 g/mol. The second-order valence-corrected chi connectivity index (χ2v) is 7.45. The van der Waals surface area contributed by atoms with Crippen molar-refractivity contribution in [1.29, 1.82) is 0 Å². The second kappa shape index (κ2) is 6.70. The molecule has 5 nitrogen and oxygen atoms in total. The molecule has 2 aromatic heterocycles. The van der Waals surface area contributed by atoms with E-state index >= 15 is 0 Å². The predicted octanol–water partition coefficient (Wildman–Crippen LogP) is 2.99. The average Bonchev–Trinajstić information content (AvgIpc) is 3.12. The summed E-state index contributed by atoms with van der Waals surface area (Å²) in [5.74, 6) is 1.29. The lowest BCUT2D eigenvalue weighted by Gasteiger charge is -2.25. The van der Waals surface area contributed by atoms with Crippen LogP contribution in [0.15, 0.2) is 21.9 Å². The fraction of sp³-hybridized carbons (Fsp3) is 0.500. The third-order valence-electron chi connectivity index (χ3n) is 4.39. The zero-order chi connectivity index (χ0) is 17.3. The number of nitrogens with one attached hydrogen (secondary N) is 1. The zero-order valence-electron chi connectivity index (χ0n) is 14.2. The summed E-state index contributed by atoms with van der Waals surface area (Å²) in [5.41, 5.74) is 0.814. The van der Waals surface area contributed by atoms with Crippen molar-refractivity contribution >= 4 is 17.2 Å². The summed E-state index contributed by atoms with van der Waals surface area (Å²) in [6.45, 7) is 6.11. The molecule has 0 aliphatic carbocycles. The van der Waals surface area contributed by atoms with Gasteiger partial charge in [0.05, 0.1) is 19.6 Å². The zero-order valence-corrected chi connectivity index (χ0v) is 15.0. The van der Waals surface area contributed by atoms with Crippen molar-refractivity contribution in [3.63, 3.8) is 0 Å². The molecule has 2 atom stereocenters. The first kappa shape index (κ1) is 17.2. The van der Waals surface area contributed by atoms with Gasteiger partial charge < -0.3 is 19.6 Å². The molecule has 3 heterocycles. The molecule has 6 heteroatoms. The number of furan rings is 1. The number of thiophene rings is 1. The van der Waals surface area contributed by atoms with E-state index in [4.69, 9.17) is 9.15 Å². The van der Waals surface area contributed by atoms with E-state index in [9.17, 15) is 9.90 Å². The van der Waals surface area contributed by atoms with E-state index in [1.165, 1.54) is 5.56 Å². The van der Waals surface area contributed by atoms with Gasteiger partial charge in [0.2, 0.25) is 5.91 Å². The maximum Gasteiger partial charge on any atom is 0.223 e. The first-order valence-corrected chi connectivity index (χ1v) is 8.99. The van der Waals surface area contributed by atoms with Gasteiger partial charge in [0, 0.05) is 10.4 Å². The van der Waals surface area contributed by atoms with Gasteiger partial charge in [-0.25, -0.2) is 0 Å². The van der Waals surface area contributed by atoms with Crippen LogP contribution in [0.1, 0.15) is 47.0 Å². The van der Waals surface area contributed by atoms with Crippen LogP contribution < -0.4 is 5.32 Å². The summed E-state index contributed by atoms with van der Waals surface area (Å²) in [5, 5.41) is 15.5. The van der Waals surface area contributed by atoms with Crippen LogP contribution in [0.2, 0.25) is 0 Å². The Morgan fingerprint density at radius 2 is 2.29 bits per heavy atom. The molecule has 2 aromatic rings. The Hall–Kier alpha value is -1.63. The summed E-state index contributed by atoms with van der Waals surface area (Å²) in [7, 11) is 0. The van der Waals surface area contributed by atoms with E-state index < -0.39 is 5.60 Å². The number of rotatable bonds is 5. The standard InChI is InChI=1S/C18H23NO4S/c1-11-8-14(12(2)23-11)18(3,21)10-19-16(20)9-15-17-13(4-6-22-15)5-7-24-17/h5,7-8,15,21H,4,6,9-10H2,1-3H3,(H,19,20)/t15-,18+/m1/s1. The van der Waals surface area contributed by atoms with Crippen molar-refractivity contribution in [2.45, 2.75) is 45.3 Å². The first-order chi connectivity index (χ1) is 11.4. The molecule has 130 valence electrons. The van der Waals surface area contributed by atoms with Crippen LogP contribution in [0.25, 0.3) is 0 Å². The van der Waals surface area contributed by atoms with Gasteiger partial charge in [0.1, 0.15) is 23.2 Å². The van der Waals surface area contributed by atoms with E-state index in [1.807, 2.05) is 25.3 Å². The molecule has 0 fully saturated rings. The first-order valence-electron chi connectivity index (χ1n) is 8.11. The lowest BCUT2D eigenvalue weighted by Crippen LogP contribution is -2.39. The quantitative estimate of drug-likeness (QED) is 0.870. The summed E-state index contributed by atoms with van der Waals surface area (Å²) in [6.07, 6.45) is 0.995. The number of amides is 1. The van der Waals surface area contributed by atoms with E-state index in [0.29, 0.717) is 17.9 Å². The van der Waals surface area contributed by atoms with Crippen molar-refractivity contribution in [1.82, 2.24) is 5.32 Å². The minimum atomic E-state index is -1.17. The van der Waals surface area contributed by atoms with Crippen molar-refractivity contribution in [3.8, 4) is 0 Å². The summed E-state index contributed by atoms with van der Waals surface area (Å²) in [4.78, 5) is 13.4. The van der Waals surface area contributed by atoms with Crippen molar-refractivity contribution in [3.05, 3.63) is 45.0 Å². The summed E-state index contributed by atoms with van der Waals surface area (Å²) < 4.78 is 11.2. The molecule has 0 spiro atoms. The van der Waals surface area contributed by atoms with Crippen LogP contribution in [0.5, 0.6) is 0 Å². The SMILES string of the molecule is Cc1cc([C@@](C)(O)CNC(=O)C[C@H]2OCCc3ccsc32)c(C)o1. The highest BCUT2D eigenvalue weighted by molar-refractivity contribution is 7.10. The molecule has 0 aromatic carbocycles. The van der Waals surface area contributed by atoms with Crippen LogP contribution in [0.4, 0.5) is 0 Å². The molecule has 24 heavy (non-hydrogen) atoms. The molecule has 1 amide bonds. The highest BCUT2D eigenvalue weighted by atomic mass is 32.1. The maximum absolute atomic E-state index is 12.3. The third-order valence-corrected chi connectivity index (χ3v) is 5.44. The Bertz CT molecular complexity index is 731. The molecule has 0 saturated carbocycles. The third kappa shape index (κ3) is 3.55. The van der Waals surface area contributed by atoms with Gasteiger partial charge >= 0.3 is 0 Å². The van der Waals surface area contributed by atoms with Crippen LogP contribution in [0, 0.1) is 13.8 Å². The number of fused-ring (bicyclic) bond motifs is 1. The molecule has 1 aliphatic rings. The molecule has 0 bridgehead atoms. The van der Waals surface area contributed by atoms with E-state index in [2.05, 4.69) is 11.4 Å². The largest absolute Gasteiger partial charge is 0.466 e. The fourth-order valence-electron chi connectivity index (χ4n) is 3.15. The minimum Gasteiger partial charge on any atom is -0.466 e. The average molecular weight is 349 g/mol. The normalized spacial score (nSPS) is 19.6. The second-order valence-electron chi connectivity index (χ2n) is 6.50. The summed E-state index contributed by atoms with van der Waals surface area (Å²) >= 11 is 1.63. The molecule has 3 rings (SSSR count). The highest BCUT2D eigenvalue weighted by Gasteiger charge is 2.29. The topological polar surface area (TPSA) is 71.7 Å². The number of hydrogen-bond acceptors (Lipinski definition) is 5. The van der Waals surface area contributed by atoms with Gasteiger partial charge in [-0.2, -0.15) is 0 Å². The number of hydrogen-bond donors (Lipinski definition) is 2. The smallest absolute Gasteiger partial charge is 0.223 e. The van der Waals surface area contributed by atoms with Gasteiger partial charge in [-0.3, -0.25) is 4.79 Å². The van der Waals surface area contributed by atoms with E-state index in [0.717, 1.165) is 17.1 Å². The number of aliphatic hydroxyl groups is 1. The summed E-state index contributed by atoms with van der Waals surface area (Å²) in [6, 6.07) is 3.91. The Kier molecular flexibility index (Phi) is 4.80. The lowest BCUT2D eigenvalue weighted by molar-refractivity contribution is -0.125.